The zero-order chi connectivity index (χ0) is 19.5. The van der Waals surface area contributed by atoms with Gasteiger partial charge >= 0.3 is 11.9 Å². The van der Waals surface area contributed by atoms with Gasteiger partial charge in [-0.15, -0.1) is 0 Å². The molecule has 1 saturated carbocycles. The van der Waals surface area contributed by atoms with E-state index in [2.05, 4.69) is 10.1 Å². The van der Waals surface area contributed by atoms with E-state index in [1.807, 2.05) is 0 Å². The maximum absolute atomic E-state index is 11.2. The van der Waals surface area contributed by atoms with Gasteiger partial charge in [-0.1, -0.05) is 50.1 Å². The molecule has 1 aliphatic rings. The van der Waals surface area contributed by atoms with Gasteiger partial charge in [0.2, 0.25) is 5.89 Å². The predicted octanol–water partition coefficient (Wildman–Crippen LogP) is 3.46. The lowest BCUT2D eigenvalue weighted by atomic mass is 9.84. The van der Waals surface area contributed by atoms with Gasteiger partial charge in [0.05, 0.1) is 13.0 Å². The van der Waals surface area contributed by atoms with Crippen molar-refractivity contribution in [3.63, 3.8) is 0 Å². The van der Waals surface area contributed by atoms with Crippen LogP contribution in [0.15, 0.2) is 4.52 Å². The van der Waals surface area contributed by atoms with Crippen molar-refractivity contribution < 1.29 is 28.7 Å². The number of carboxylic acids is 1. The zero-order valence-corrected chi connectivity index (χ0v) is 16.0. The summed E-state index contributed by atoms with van der Waals surface area (Å²) in [5.41, 5.74) is 0. The Labute approximate surface area is 159 Å². The second-order valence-corrected chi connectivity index (χ2v) is 7.08. The third kappa shape index (κ3) is 8.07. The summed E-state index contributed by atoms with van der Waals surface area (Å²) < 4.78 is 15.2. The van der Waals surface area contributed by atoms with Gasteiger partial charge < -0.3 is 19.1 Å². The van der Waals surface area contributed by atoms with Gasteiger partial charge in [-0.05, 0) is 19.3 Å². The third-order valence-corrected chi connectivity index (χ3v) is 4.90. The number of aliphatic carboxylic acids is 1. The Morgan fingerprint density at radius 3 is 2.78 bits per heavy atom. The maximum atomic E-state index is 11.2. The summed E-state index contributed by atoms with van der Waals surface area (Å²) in [5.74, 6) is -0.229. The number of ether oxygens (including phenoxy) is 2. The molecule has 0 bridgehead atoms. The molecule has 1 N–H and O–H groups in total. The maximum Gasteiger partial charge on any atom is 0.332 e. The van der Waals surface area contributed by atoms with Crippen molar-refractivity contribution in [1.82, 2.24) is 10.1 Å². The number of hydrogen-bond donors (Lipinski definition) is 1. The molecule has 1 aromatic heterocycles. The number of esters is 1. The Bertz CT molecular complexity index is 583. The fourth-order valence-corrected chi connectivity index (χ4v) is 3.57. The lowest BCUT2D eigenvalue weighted by Crippen LogP contribution is -2.12. The zero-order valence-electron chi connectivity index (χ0n) is 16.0. The first-order valence-corrected chi connectivity index (χ1v) is 9.86. The monoisotopic (exact) mass is 382 g/mol. The standard InChI is InChI=1S/C19H30N2O6/c1-2-26-18(24)13-25-12-16-20-19(27-21-16)15(11-17(22)23)10-6-9-14-7-4-3-5-8-14/h14-15H,2-13H2,1H3,(H,22,23)/t15-/m1/s1. The number of carboxylic acid groups (broad SMARTS) is 1. The van der Waals surface area contributed by atoms with Crippen molar-refractivity contribution in [3.8, 4) is 0 Å². The molecule has 1 heterocycles. The van der Waals surface area contributed by atoms with Gasteiger partial charge in [0.15, 0.2) is 5.82 Å². The molecular weight excluding hydrogens is 352 g/mol. The summed E-state index contributed by atoms with van der Waals surface area (Å²) in [7, 11) is 0. The average Bonchev–Trinajstić information content (AvgIpc) is 3.10. The van der Waals surface area contributed by atoms with E-state index in [9.17, 15) is 14.7 Å². The second-order valence-electron chi connectivity index (χ2n) is 7.08. The van der Waals surface area contributed by atoms with Crippen molar-refractivity contribution >= 4 is 11.9 Å². The fourth-order valence-electron chi connectivity index (χ4n) is 3.57. The lowest BCUT2D eigenvalue weighted by Gasteiger charge is -2.21. The molecule has 1 aliphatic carbocycles. The summed E-state index contributed by atoms with van der Waals surface area (Å²) in [4.78, 5) is 26.7. The Morgan fingerprint density at radius 1 is 1.30 bits per heavy atom. The summed E-state index contributed by atoms with van der Waals surface area (Å²) in [6.45, 7) is 1.86. The summed E-state index contributed by atoms with van der Waals surface area (Å²) >= 11 is 0. The Balaban J connectivity index is 1.81. The van der Waals surface area contributed by atoms with Gasteiger partial charge in [-0.2, -0.15) is 4.98 Å². The van der Waals surface area contributed by atoms with Crippen LogP contribution in [0.25, 0.3) is 0 Å². The van der Waals surface area contributed by atoms with Crippen LogP contribution in [0.5, 0.6) is 0 Å². The van der Waals surface area contributed by atoms with Crippen molar-refractivity contribution in [2.45, 2.75) is 77.2 Å². The van der Waals surface area contributed by atoms with Crippen molar-refractivity contribution in [1.29, 1.82) is 0 Å². The Morgan fingerprint density at radius 2 is 2.07 bits per heavy atom. The van der Waals surface area contributed by atoms with Crippen LogP contribution in [0.3, 0.4) is 0 Å². The minimum absolute atomic E-state index is 0.0180. The molecule has 8 heteroatoms. The molecule has 0 spiro atoms. The van der Waals surface area contributed by atoms with E-state index in [1.165, 1.54) is 32.1 Å². The second kappa shape index (κ2) is 11.7. The van der Waals surface area contributed by atoms with Gasteiger partial charge in [-0.25, -0.2) is 4.79 Å². The molecule has 1 atom stereocenters. The molecular formula is C19H30N2O6. The SMILES string of the molecule is CCOC(=O)COCc1noc([C@H](CCCC2CCCCC2)CC(=O)O)n1. The fraction of sp³-hybridized carbons (Fsp3) is 0.789. The molecule has 0 saturated heterocycles. The van der Waals surface area contributed by atoms with E-state index in [4.69, 9.17) is 14.0 Å². The number of carbonyl (C=O) groups excluding carboxylic acids is 1. The summed E-state index contributed by atoms with van der Waals surface area (Å²) in [6, 6.07) is 0. The van der Waals surface area contributed by atoms with Crippen LogP contribution in [-0.2, 0) is 25.7 Å². The number of aromatic nitrogens is 2. The first-order valence-electron chi connectivity index (χ1n) is 9.86. The molecule has 1 aromatic rings. The van der Waals surface area contributed by atoms with Crippen molar-refractivity contribution in [3.05, 3.63) is 11.7 Å². The van der Waals surface area contributed by atoms with E-state index >= 15 is 0 Å². The van der Waals surface area contributed by atoms with Crippen LogP contribution in [0.1, 0.15) is 82.3 Å². The third-order valence-electron chi connectivity index (χ3n) is 4.90. The molecule has 152 valence electrons. The molecule has 0 aliphatic heterocycles. The van der Waals surface area contributed by atoms with E-state index in [1.54, 1.807) is 6.92 Å². The topological polar surface area (TPSA) is 112 Å². The highest BCUT2D eigenvalue weighted by Gasteiger charge is 2.23. The van der Waals surface area contributed by atoms with E-state index in [-0.39, 0.29) is 25.6 Å². The van der Waals surface area contributed by atoms with E-state index in [0.29, 0.717) is 24.7 Å². The summed E-state index contributed by atoms with van der Waals surface area (Å²) in [6.07, 6.45) is 9.28. The van der Waals surface area contributed by atoms with Crippen LogP contribution >= 0.6 is 0 Å². The number of nitrogens with zero attached hydrogens (tertiary/aromatic N) is 2. The smallest absolute Gasteiger partial charge is 0.332 e. The van der Waals surface area contributed by atoms with Crippen molar-refractivity contribution in [2.75, 3.05) is 13.2 Å². The molecule has 2 rings (SSSR count). The molecule has 1 fully saturated rings. The first kappa shape index (κ1) is 21.3. The molecule has 8 nitrogen and oxygen atoms in total. The van der Waals surface area contributed by atoms with E-state index in [0.717, 1.165) is 18.8 Å². The van der Waals surface area contributed by atoms with Crippen LogP contribution < -0.4 is 0 Å². The number of hydrogen-bond acceptors (Lipinski definition) is 7. The van der Waals surface area contributed by atoms with Gasteiger partial charge in [0.25, 0.3) is 0 Å². The average molecular weight is 382 g/mol. The Hall–Kier alpha value is -1.96. The quantitative estimate of drug-likeness (QED) is 0.547. The highest BCUT2D eigenvalue weighted by atomic mass is 16.6. The van der Waals surface area contributed by atoms with Gasteiger partial charge in [0.1, 0.15) is 13.2 Å². The first-order chi connectivity index (χ1) is 13.1. The highest BCUT2D eigenvalue weighted by molar-refractivity contribution is 5.70. The predicted molar refractivity (Wildman–Crippen MR) is 96.0 cm³/mol. The van der Waals surface area contributed by atoms with Crippen LogP contribution in [-0.4, -0.2) is 40.4 Å². The number of rotatable bonds is 12. The Kier molecular flexibility index (Phi) is 9.24. The normalized spacial score (nSPS) is 16.2. The molecule has 0 amide bonds. The molecule has 0 unspecified atom stereocenters. The van der Waals surface area contributed by atoms with Crippen molar-refractivity contribution in [2.24, 2.45) is 5.92 Å². The van der Waals surface area contributed by atoms with Gasteiger partial charge in [0, 0.05) is 5.92 Å². The lowest BCUT2D eigenvalue weighted by molar-refractivity contribution is -0.149. The number of carbonyl (C=O) groups is 2. The molecule has 27 heavy (non-hydrogen) atoms. The summed E-state index contributed by atoms with van der Waals surface area (Å²) in [5, 5.41) is 13.0. The largest absolute Gasteiger partial charge is 0.481 e. The molecule has 0 aromatic carbocycles. The molecule has 0 radical (unpaired) electrons. The minimum Gasteiger partial charge on any atom is -0.481 e. The highest BCUT2D eigenvalue weighted by Crippen LogP contribution is 2.31. The van der Waals surface area contributed by atoms with Crippen LogP contribution in [0, 0.1) is 5.92 Å². The van der Waals surface area contributed by atoms with Gasteiger partial charge in [-0.3, -0.25) is 4.79 Å². The van der Waals surface area contributed by atoms with E-state index < -0.39 is 11.9 Å². The van der Waals surface area contributed by atoms with Crippen LogP contribution in [0.4, 0.5) is 0 Å². The minimum atomic E-state index is -0.879. The van der Waals surface area contributed by atoms with Crippen LogP contribution in [0.2, 0.25) is 0 Å².